The lowest BCUT2D eigenvalue weighted by Gasteiger charge is -2.30. The SMILES string of the molecule is CS(=O)(=O)c1ccc(N2CCc3nc(-c4ccc(Cl)cn4)ncc3C2)cc1. The quantitative estimate of drug-likeness (QED) is 0.672. The number of rotatable bonds is 3. The Morgan fingerprint density at radius 2 is 1.81 bits per heavy atom. The van der Waals surface area contributed by atoms with E-state index in [1.807, 2.05) is 24.4 Å². The molecule has 0 saturated carbocycles. The number of pyridine rings is 1. The monoisotopic (exact) mass is 400 g/mol. The molecule has 3 heterocycles. The van der Waals surface area contributed by atoms with Gasteiger partial charge >= 0.3 is 0 Å². The summed E-state index contributed by atoms with van der Waals surface area (Å²) < 4.78 is 23.2. The van der Waals surface area contributed by atoms with Crippen molar-refractivity contribution in [2.24, 2.45) is 0 Å². The molecule has 2 aromatic heterocycles. The fourth-order valence-corrected chi connectivity index (χ4v) is 3.81. The number of fused-ring (bicyclic) bond motifs is 1. The minimum Gasteiger partial charge on any atom is -0.367 e. The third-order valence-electron chi connectivity index (χ3n) is 4.52. The van der Waals surface area contributed by atoms with Crippen LogP contribution in [-0.4, -0.2) is 36.2 Å². The third kappa shape index (κ3) is 3.79. The first kappa shape index (κ1) is 17.9. The molecular formula is C19H17ClN4O2S. The van der Waals surface area contributed by atoms with Gasteiger partial charge in [0.05, 0.1) is 15.6 Å². The van der Waals surface area contributed by atoms with Gasteiger partial charge in [-0.3, -0.25) is 4.98 Å². The normalized spacial score (nSPS) is 14.1. The first-order chi connectivity index (χ1) is 12.9. The summed E-state index contributed by atoms with van der Waals surface area (Å²) in [5, 5.41) is 0.578. The van der Waals surface area contributed by atoms with E-state index in [1.54, 1.807) is 24.4 Å². The molecule has 0 aliphatic carbocycles. The molecule has 0 saturated heterocycles. The summed E-state index contributed by atoms with van der Waals surface area (Å²) in [5.74, 6) is 0.594. The van der Waals surface area contributed by atoms with E-state index in [1.165, 1.54) is 6.26 Å². The topological polar surface area (TPSA) is 76.1 Å². The Balaban J connectivity index is 1.56. The van der Waals surface area contributed by atoms with Crippen LogP contribution in [0.4, 0.5) is 5.69 Å². The van der Waals surface area contributed by atoms with Crippen molar-refractivity contribution in [3.8, 4) is 11.5 Å². The first-order valence-electron chi connectivity index (χ1n) is 8.42. The smallest absolute Gasteiger partial charge is 0.178 e. The van der Waals surface area contributed by atoms with E-state index in [9.17, 15) is 8.42 Å². The van der Waals surface area contributed by atoms with Crippen LogP contribution < -0.4 is 4.90 Å². The van der Waals surface area contributed by atoms with E-state index in [0.29, 0.717) is 28.0 Å². The molecule has 27 heavy (non-hydrogen) atoms. The largest absolute Gasteiger partial charge is 0.367 e. The highest BCUT2D eigenvalue weighted by Crippen LogP contribution is 2.26. The van der Waals surface area contributed by atoms with Crippen LogP contribution >= 0.6 is 11.6 Å². The zero-order valence-electron chi connectivity index (χ0n) is 14.6. The lowest BCUT2D eigenvalue weighted by atomic mass is 10.1. The van der Waals surface area contributed by atoms with Gasteiger partial charge in [-0.2, -0.15) is 0 Å². The number of hydrogen-bond donors (Lipinski definition) is 0. The Morgan fingerprint density at radius 1 is 1.04 bits per heavy atom. The molecule has 0 unspecified atom stereocenters. The van der Waals surface area contributed by atoms with Crippen molar-refractivity contribution in [3.05, 3.63) is 65.1 Å². The molecule has 0 spiro atoms. The number of benzene rings is 1. The summed E-state index contributed by atoms with van der Waals surface area (Å²) in [5.41, 5.74) is 3.75. The fraction of sp³-hybridized carbons (Fsp3) is 0.211. The Hall–Kier alpha value is -2.51. The maximum absolute atomic E-state index is 11.6. The number of halogens is 1. The summed E-state index contributed by atoms with van der Waals surface area (Å²) in [6, 6.07) is 10.6. The van der Waals surface area contributed by atoms with Crippen molar-refractivity contribution in [3.63, 3.8) is 0 Å². The maximum atomic E-state index is 11.6. The van der Waals surface area contributed by atoms with E-state index in [-0.39, 0.29) is 0 Å². The number of anilines is 1. The van der Waals surface area contributed by atoms with Crippen molar-refractivity contribution >= 4 is 27.1 Å². The maximum Gasteiger partial charge on any atom is 0.178 e. The zero-order valence-corrected chi connectivity index (χ0v) is 16.2. The van der Waals surface area contributed by atoms with Gasteiger partial charge in [-0.25, -0.2) is 18.4 Å². The van der Waals surface area contributed by atoms with Crippen LogP contribution in [-0.2, 0) is 22.8 Å². The summed E-state index contributed by atoms with van der Waals surface area (Å²) >= 11 is 5.88. The van der Waals surface area contributed by atoms with E-state index in [0.717, 1.165) is 29.9 Å². The lowest BCUT2D eigenvalue weighted by Crippen LogP contribution is -2.31. The molecule has 4 rings (SSSR count). The number of aromatic nitrogens is 3. The molecule has 6 nitrogen and oxygen atoms in total. The van der Waals surface area contributed by atoms with Crippen LogP contribution in [0.25, 0.3) is 11.5 Å². The minimum absolute atomic E-state index is 0.326. The van der Waals surface area contributed by atoms with Gasteiger partial charge in [-0.1, -0.05) is 11.6 Å². The highest BCUT2D eigenvalue weighted by atomic mass is 35.5. The molecule has 0 amide bonds. The van der Waals surface area contributed by atoms with E-state index < -0.39 is 9.84 Å². The molecule has 138 valence electrons. The molecule has 3 aromatic rings. The van der Waals surface area contributed by atoms with Gasteiger partial charge in [0.1, 0.15) is 5.69 Å². The van der Waals surface area contributed by atoms with Crippen molar-refractivity contribution in [2.75, 3.05) is 17.7 Å². The van der Waals surface area contributed by atoms with Crippen molar-refractivity contribution < 1.29 is 8.42 Å². The van der Waals surface area contributed by atoms with Crippen molar-refractivity contribution in [2.45, 2.75) is 17.9 Å². The summed E-state index contributed by atoms with van der Waals surface area (Å²) in [7, 11) is -3.19. The van der Waals surface area contributed by atoms with E-state index >= 15 is 0 Å². The molecule has 0 atom stereocenters. The van der Waals surface area contributed by atoms with Gasteiger partial charge in [0.2, 0.25) is 0 Å². The summed E-state index contributed by atoms with van der Waals surface area (Å²) in [6.45, 7) is 1.48. The average Bonchev–Trinajstić information content (AvgIpc) is 2.67. The van der Waals surface area contributed by atoms with Crippen LogP contribution in [0.3, 0.4) is 0 Å². The Bertz CT molecular complexity index is 1080. The lowest BCUT2D eigenvalue weighted by molar-refractivity contribution is 0.602. The Kier molecular flexibility index (Phi) is 4.57. The molecule has 1 aliphatic rings. The third-order valence-corrected chi connectivity index (χ3v) is 5.87. The van der Waals surface area contributed by atoms with Crippen molar-refractivity contribution in [1.29, 1.82) is 0 Å². The highest BCUT2D eigenvalue weighted by Gasteiger charge is 2.20. The van der Waals surface area contributed by atoms with Gasteiger partial charge in [0, 0.05) is 49.4 Å². The Labute approximate surface area is 162 Å². The van der Waals surface area contributed by atoms with Crippen LogP contribution in [0.5, 0.6) is 0 Å². The second-order valence-electron chi connectivity index (χ2n) is 6.46. The summed E-state index contributed by atoms with van der Waals surface area (Å²) in [6.07, 6.45) is 5.42. The molecule has 0 fully saturated rings. The van der Waals surface area contributed by atoms with Crippen LogP contribution in [0.1, 0.15) is 11.3 Å². The van der Waals surface area contributed by atoms with Gasteiger partial charge in [-0.05, 0) is 36.4 Å². The predicted octanol–water partition coefficient (Wildman–Crippen LogP) is 3.16. The van der Waals surface area contributed by atoms with Gasteiger partial charge < -0.3 is 4.90 Å². The number of sulfone groups is 1. The summed E-state index contributed by atoms with van der Waals surface area (Å²) in [4.78, 5) is 15.9. The van der Waals surface area contributed by atoms with E-state index in [4.69, 9.17) is 11.6 Å². The molecule has 0 bridgehead atoms. The molecule has 8 heteroatoms. The minimum atomic E-state index is -3.19. The standard InChI is InChI=1S/C19H17ClN4O2S/c1-27(25,26)16-5-3-15(4-6-16)24-9-8-17-13(12-24)10-22-19(23-17)18-7-2-14(20)11-21-18/h2-7,10-11H,8-9,12H2,1H3. The second kappa shape index (κ2) is 6.90. The second-order valence-corrected chi connectivity index (χ2v) is 8.92. The van der Waals surface area contributed by atoms with Gasteiger partial charge in [0.25, 0.3) is 0 Å². The van der Waals surface area contributed by atoms with Crippen molar-refractivity contribution in [1.82, 2.24) is 15.0 Å². The molecule has 0 radical (unpaired) electrons. The number of nitrogens with zero attached hydrogens (tertiary/aromatic N) is 4. The fourth-order valence-electron chi connectivity index (χ4n) is 3.07. The van der Waals surface area contributed by atoms with Gasteiger partial charge in [0.15, 0.2) is 15.7 Å². The van der Waals surface area contributed by atoms with E-state index in [2.05, 4.69) is 19.9 Å². The molecule has 1 aliphatic heterocycles. The van der Waals surface area contributed by atoms with Crippen LogP contribution in [0.15, 0.2) is 53.7 Å². The molecule has 0 N–H and O–H groups in total. The number of hydrogen-bond acceptors (Lipinski definition) is 6. The molecular weight excluding hydrogens is 384 g/mol. The highest BCUT2D eigenvalue weighted by molar-refractivity contribution is 7.90. The van der Waals surface area contributed by atoms with Crippen LogP contribution in [0.2, 0.25) is 5.02 Å². The first-order valence-corrected chi connectivity index (χ1v) is 10.7. The molecule has 1 aromatic carbocycles. The Morgan fingerprint density at radius 3 is 2.48 bits per heavy atom. The average molecular weight is 401 g/mol. The van der Waals surface area contributed by atoms with Crippen LogP contribution in [0, 0.1) is 0 Å². The predicted molar refractivity (Wildman–Crippen MR) is 105 cm³/mol. The van der Waals surface area contributed by atoms with Gasteiger partial charge in [-0.15, -0.1) is 0 Å². The zero-order chi connectivity index (χ0) is 19.0.